The van der Waals surface area contributed by atoms with Gasteiger partial charge < -0.3 is 4.74 Å². The quantitative estimate of drug-likeness (QED) is 0.617. The molecule has 1 unspecified atom stereocenters. The first-order valence-corrected chi connectivity index (χ1v) is 8.80. The lowest BCUT2D eigenvalue weighted by molar-refractivity contribution is 0.414. The standard InChI is InChI=1S/C15H14Br2OS/c1-18-10-5-6-11(12(16)8-10)15(17)14-7-9-3-2-4-13(9)19-14/h5-8,15H,2-4H2,1H3. The summed E-state index contributed by atoms with van der Waals surface area (Å²) < 4.78 is 6.33. The van der Waals surface area contributed by atoms with E-state index in [4.69, 9.17) is 4.74 Å². The van der Waals surface area contributed by atoms with E-state index < -0.39 is 0 Å². The highest BCUT2D eigenvalue weighted by molar-refractivity contribution is 9.11. The summed E-state index contributed by atoms with van der Waals surface area (Å²) in [5.41, 5.74) is 2.80. The van der Waals surface area contributed by atoms with Gasteiger partial charge in [0, 0.05) is 14.2 Å². The number of hydrogen-bond acceptors (Lipinski definition) is 2. The first-order valence-electron chi connectivity index (χ1n) is 6.28. The maximum Gasteiger partial charge on any atom is 0.120 e. The minimum absolute atomic E-state index is 0.253. The van der Waals surface area contributed by atoms with Crippen molar-refractivity contribution in [2.24, 2.45) is 0 Å². The zero-order chi connectivity index (χ0) is 13.4. The van der Waals surface area contributed by atoms with Crippen molar-refractivity contribution in [1.29, 1.82) is 0 Å². The van der Waals surface area contributed by atoms with Crippen LogP contribution in [0.25, 0.3) is 0 Å². The largest absolute Gasteiger partial charge is 0.497 e. The lowest BCUT2D eigenvalue weighted by Crippen LogP contribution is -1.93. The normalized spacial score (nSPS) is 15.3. The number of benzene rings is 1. The van der Waals surface area contributed by atoms with Crippen LogP contribution in [0.15, 0.2) is 28.7 Å². The summed E-state index contributed by atoms with van der Waals surface area (Å²) in [6.45, 7) is 0. The monoisotopic (exact) mass is 400 g/mol. The van der Waals surface area contributed by atoms with Crippen molar-refractivity contribution in [1.82, 2.24) is 0 Å². The third-order valence-corrected chi connectivity index (χ3v) is 6.77. The molecular formula is C15H14Br2OS. The SMILES string of the molecule is COc1ccc(C(Br)c2cc3c(s2)CCC3)c(Br)c1. The minimum atomic E-state index is 0.253. The van der Waals surface area contributed by atoms with Gasteiger partial charge in [0.25, 0.3) is 0 Å². The zero-order valence-electron chi connectivity index (χ0n) is 10.6. The summed E-state index contributed by atoms with van der Waals surface area (Å²) in [6, 6.07) is 8.51. The fourth-order valence-electron chi connectivity index (χ4n) is 2.47. The van der Waals surface area contributed by atoms with Crippen LogP contribution in [0, 0.1) is 0 Å². The Labute approximate surface area is 134 Å². The lowest BCUT2D eigenvalue weighted by Gasteiger charge is -2.12. The Balaban J connectivity index is 1.92. The number of ether oxygens (including phenoxy) is 1. The van der Waals surface area contributed by atoms with Crippen molar-refractivity contribution in [2.45, 2.75) is 24.1 Å². The summed E-state index contributed by atoms with van der Waals surface area (Å²) in [5, 5.41) is 0. The van der Waals surface area contributed by atoms with Crippen LogP contribution in [-0.4, -0.2) is 7.11 Å². The first-order chi connectivity index (χ1) is 9.19. The Morgan fingerprint density at radius 2 is 2.11 bits per heavy atom. The van der Waals surface area contributed by atoms with Gasteiger partial charge in [-0.25, -0.2) is 0 Å². The summed E-state index contributed by atoms with van der Waals surface area (Å²) in [5.74, 6) is 0.879. The lowest BCUT2D eigenvalue weighted by atomic mass is 10.1. The molecule has 0 saturated heterocycles. The second-order valence-electron chi connectivity index (χ2n) is 4.70. The minimum Gasteiger partial charge on any atom is -0.497 e. The van der Waals surface area contributed by atoms with E-state index in [1.807, 2.05) is 23.5 Å². The van der Waals surface area contributed by atoms with E-state index in [2.05, 4.69) is 44.0 Å². The van der Waals surface area contributed by atoms with Crippen molar-refractivity contribution in [3.8, 4) is 5.75 Å². The molecule has 19 heavy (non-hydrogen) atoms. The molecule has 1 nitrogen and oxygen atoms in total. The number of rotatable bonds is 3. The van der Waals surface area contributed by atoms with Gasteiger partial charge >= 0.3 is 0 Å². The Bertz CT molecular complexity index is 585. The van der Waals surface area contributed by atoms with Crippen molar-refractivity contribution in [3.05, 3.63) is 49.6 Å². The Hall–Kier alpha value is -0.320. The highest BCUT2D eigenvalue weighted by Gasteiger charge is 2.21. The number of aryl methyl sites for hydroxylation is 2. The van der Waals surface area contributed by atoms with Crippen LogP contribution >= 0.6 is 43.2 Å². The van der Waals surface area contributed by atoms with Crippen LogP contribution in [0.1, 0.15) is 32.1 Å². The van der Waals surface area contributed by atoms with E-state index in [0.717, 1.165) is 10.2 Å². The number of hydrogen-bond donors (Lipinski definition) is 0. The van der Waals surface area contributed by atoms with E-state index in [9.17, 15) is 0 Å². The van der Waals surface area contributed by atoms with E-state index >= 15 is 0 Å². The number of fused-ring (bicyclic) bond motifs is 1. The van der Waals surface area contributed by atoms with Gasteiger partial charge in [-0.3, -0.25) is 0 Å². The van der Waals surface area contributed by atoms with E-state index in [1.54, 1.807) is 17.6 Å². The summed E-state index contributed by atoms with van der Waals surface area (Å²) in [6.07, 6.45) is 3.82. The van der Waals surface area contributed by atoms with Gasteiger partial charge in [0.15, 0.2) is 0 Å². The number of thiophene rings is 1. The maximum atomic E-state index is 5.24. The molecule has 0 saturated carbocycles. The molecule has 1 aromatic heterocycles. The third-order valence-electron chi connectivity index (χ3n) is 3.50. The van der Waals surface area contributed by atoms with E-state index in [1.165, 1.54) is 29.7 Å². The molecule has 0 radical (unpaired) electrons. The van der Waals surface area contributed by atoms with E-state index in [-0.39, 0.29) is 4.83 Å². The molecule has 0 bridgehead atoms. The van der Waals surface area contributed by atoms with Crippen LogP contribution in [-0.2, 0) is 12.8 Å². The predicted octanol–water partition coefficient (Wildman–Crippen LogP) is 5.49. The molecule has 1 atom stereocenters. The van der Waals surface area contributed by atoms with Gasteiger partial charge in [-0.05, 0) is 48.6 Å². The second kappa shape index (κ2) is 5.58. The van der Waals surface area contributed by atoms with Crippen LogP contribution in [0.5, 0.6) is 5.75 Å². The molecule has 1 aliphatic rings. The van der Waals surface area contributed by atoms with Crippen molar-refractivity contribution in [2.75, 3.05) is 7.11 Å². The molecule has 3 rings (SSSR count). The average molecular weight is 402 g/mol. The molecule has 2 aromatic rings. The van der Waals surface area contributed by atoms with Crippen LogP contribution < -0.4 is 4.74 Å². The Morgan fingerprint density at radius 3 is 2.79 bits per heavy atom. The molecule has 0 amide bonds. The predicted molar refractivity (Wildman–Crippen MR) is 87.8 cm³/mol. The van der Waals surface area contributed by atoms with Crippen molar-refractivity contribution >= 4 is 43.2 Å². The zero-order valence-corrected chi connectivity index (χ0v) is 14.6. The van der Waals surface area contributed by atoms with Gasteiger partial charge in [-0.15, -0.1) is 11.3 Å². The molecule has 100 valence electrons. The van der Waals surface area contributed by atoms with Crippen LogP contribution in [0.3, 0.4) is 0 Å². The molecule has 1 aromatic carbocycles. The Morgan fingerprint density at radius 1 is 1.26 bits per heavy atom. The van der Waals surface area contributed by atoms with Gasteiger partial charge in [-0.1, -0.05) is 37.9 Å². The fraction of sp³-hybridized carbons (Fsp3) is 0.333. The number of halogens is 2. The Kier molecular flexibility index (Phi) is 4.01. The average Bonchev–Trinajstić information content (AvgIpc) is 2.98. The van der Waals surface area contributed by atoms with Gasteiger partial charge in [0.1, 0.15) is 5.75 Å². The van der Waals surface area contributed by atoms with Gasteiger partial charge in [0.2, 0.25) is 0 Å². The highest BCUT2D eigenvalue weighted by atomic mass is 79.9. The van der Waals surface area contributed by atoms with E-state index in [0.29, 0.717) is 0 Å². The highest BCUT2D eigenvalue weighted by Crippen LogP contribution is 2.42. The van der Waals surface area contributed by atoms with Gasteiger partial charge in [0.05, 0.1) is 11.9 Å². The van der Waals surface area contributed by atoms with Crippen molar-refractivity contribution in [3.63, 3.8) is 0 Å². The molecule has 0 fully saturated rings. The number of methoxy groups -OCH3 is 1. The molecular weight excluding hydrogens is 388 g/mol. The third kappa shape index (κ3) is 2.63. The molecule has 0 spiro atoms. The summed E-state index contributed by atoms with van der Waals surface area (Å²) in [7, 11) is 1.69. The van der Waals surface area contributed by atoms with Crippen molar-refractivity contribution < 1.29 is 4.74 Å². The maximum absolute atomic E-state index is 5.24. The molecule has 1 aliphatic carbocycles. The first kappa shape index (κ1) is 13.7. The smallest absolute Gasteiger partial charge is 0.120 e. The molecule has 0 N–H and O–H groups in total. The fourth-order valence-corrected chi connectivity index (χ4v) is 5.43. The molecule has 4 heteroatoms. The second-order valence-corrected chi connectivity index (χ2v) is 7.64. The van der Waals surface area contributed by atoms with Crippen LogP contribution in [0.2, 0.25) is 0 Å². The van der Waals surface area contributed by atoms with Gasteiger partial charge in [-0.2, -0.15) is 0 Å². The summed E-state index contributed by atoms with van der Waals surface area (Å²) in [4.78, 5) is 3.23. The molecule has 0 aliphatic heterocycles. The van der Waals surface area contributed by atoms with Crippen LogP contribution in [0.4, 0.5) is 0 Å². The topological polar surface area (TPSA) is 9.23 Å². The molecule has 1 heterocycles. The summed E-state index contributed by atoms with van der Waals surface area (Å²) >= 11 is 9.41. The number of alkyl halides is 1.